The summed E-state index contributed by atoms with van der Waals surface area (Å²) >= 11 is 0. The number of benzene rings is 3. The van der Waals surface area contributed by atoms with Crippen LogP contribution < -0.4 is 14.4 Å². The first-order valence-electron chi connectivity index (χ1n) is 11.3. The first-order chi connectivity index (χ1) is 16.3. The van der Waals surface area contributed by atoms with Gasteiger partial charge in [-0.05, 0) is 35.2 Å². The molecule has 1 N–H and O–H groups in total. The number of ketones is 1. The lowest BCUT2D eigenvalue weighted by atomic mass is 9.87. The number of anilines is 1. The lowest BCUT2D eigenvalue weighted by Crippen LogP contribution is -2.41. The number of amides is 1. The minimum absolute atomic E-state index is 0.218. The summed E-state index contributed by atoms with van der Waals surface area (Å²) in [5, 5.41) is 11.6. The molecule has 0 fully saturated rings. The molecule has 1 amide bonds. The second kappa shape index (κ2) is 9.31. The van der Waals surface area contributed by atoms with Gasteiger partial charge in [-0.1, -0.05) is 62.4 Å². The molecule has 0 bridgehead atoms. The van der Waals surface area contributed by atoms with Crippen molar-refractivity contribution in [3.05, 3.63) is 89.0 Å². The molecular formula is C28H29NO5. The summed E-state index contributed by atoms with van der Waals surface area (Å²) in [5.74, 6) is 0.687. The molecule has 0 unspecified atom stereocenters. The Hall–Kier alpha value is -3.64. The summed E-state index contributed by atoms with van der Waals surface area (Å²) in [6, 6.07) is 19.8. The van der Waals surface area contributed by atoms with Crippen LogP contribution in [0, 0.1) is 0 Å². The highest BCUT2D eigenvalue weighted by atomic mass is 16.5. The molecule has 6 nitrogen and oxygen atoms in total. The van der Waals surface area contributed by atoms with Crippen molar-refractivity contribution < 1.29 is 24.2 Å². The highest BCUT2D eigenvalue weighted by molar-refractivity contribution is 6.10. The number of fused-ring (bicyclic) bond motifs is 1. The molecule has 0 radical (unpaired) electrons. The van der Waals surface area contributed by atoms with Gasteiger partial charge in [0, 0.05) is 11.1 Å². The molecule has 1 aliphatic rings. The average molecular weight is 460 g/mol. The molecule has 0 aliphatic carbocycles. The van der Waals surface area contributed by atoms with Crippen LogP contribution in [-0.4, -0.2) is 31.0 Å². The van der Waals surface area contributed by atoms with Crippen LogP contribution in [0.2, 0.25) is 0 Å². The lowest BCUT2D eigenvalue weighted by Gasteiger charge is -2.23. The summed E-state index contributed by atoms with van der Waals surface area (Å²) in [7, 11) is 3.11. The Morgan fingerprint density at radius 3 is 2.29 bits per heavy atom. The highest BCUT2D eigenvalue weighted by Crippen LogP contribution is 2.44. The molecule has 1 atom stereocenters. The molecule has 0 saturated heterocycles. The number of aliphatic hydroxyl groups is 1. The maximum Gasteiger partial charge on any atom is 0.264 e. The van der Waals surface area contributed by atoms with Crippen molar-refractivity contribution >= 4 is 17.4 Å². The van der Waals surface area contributed by atoms with Crippen molar-refractivity contribution in [1.82, 2.24) is 0 Å². The van der Waals surface area contributed by atoms with Crippen LogP contribution in [-0.2, 0) is 16.9 Å². The number of hydrogen-bond donors (Lipinski definition) is 1. The van der Waals surface area contributed by atoms with E-state index in [0.29, 0.717) is 34.2 Å². The highest BCUT2D eigenvalue weighted by Gasteiger charge is 2.50. The number of rotatable bonds is 8. The number of Topliss-reactive ketones (excluding diaryl/α,β-unsaturated/α-hetero) is 1. The third-order valence-electron chi connectivity index (χ3n) is 6.34. The number of methoxy groups -OCH3 is 2. The Kier molecular flexibility index (Phi) is 6.44. The van der Waals surface area contributed by atoms with Crippen LogP contribution in [0.5, 0.6) is 11.5 Å². The number of nitrogens with zero attached hydrogens (tertiary/aromatic N) is 1. The minimum atomic E-state index is -1.93. The number of hydrogen-bond acceptors (Lipinski definition) is 5. The smallest absolute Gasteiger partial charge is 0.264 e. The SMILES string of the molecule is COc1ccc(CN2C(=O)[C@](O)(CC(=O)c3ccc(C(C)C)cc3)c3ccccc32)cc1OC. The van der Waals surface area contributed by atoms with Crippen molar-refractivity contribution in [1.29, 1.82) is 0 Å². The second-order valence-corrected chi connectivity index (χ2v) is 8.83. The number of carbonyl (C=O) groups excluding carboxylic acids is 2. The molecule has 3 aromatic rings. The van der Waals surface area contributed by atoms with Gasteiger partial charge in [-0.15, -0.1) is 0 Å². The van der Waals surface area contributed by atoms with E-state index in [1.54, 1.807) is 56.7 Å². The Labute approximate surface area is 199 Å². The van der Waals surface area contributed by atoms with Gasteiger partial charge in [0.15, 0.2) is 22.9 Å². The molecular weight excluding hydrogens is 430 g/mol. The third-order valence-corrected chi connectivity index (χ3v) is 6.34. The van der Waals surface area contributed by atoms with Gasteiger partial charge >= 0.3 is 0 Å². The van der Waals surface area contributed by atoms with E-state index in [2.05, 4.69) is 13.8 Å². The third kappa shape index (κ3) is 4.17. The molecule has 4 rings (SSSR count). The molecule has 1 aliphatic heterocycles. The molecule has 6 heteroatoms. The zero-order valence-corrected chi connectivity index (χ0v) is 19.9. The maximum atomic E-state index is 13.5. The van der Waals surface area contributed by atoms with Gasteiger partial charge in [0.2, 0.25) is 0 Å². The fourth-order valence-electron chi connectivity index (χ4n) is 4.38. The maximum absolute atomic E-state index is 13.5. The van der Waals surface area contributed by atoms with Crippen molar-refractivity contribution in [2.45, 2.75) is 38.3 Å². The number of para-hydroxylation sites is 1. The van der Waals surface area contributed by atoms with Gasteiger partial charge in [0.1, 0.15) is 0 Å². The van der Waals surface area contributed by atoms with Crippen molar-refractivity contribution in [3.8, 4) is 11.5 Å². The Balaban J connectivity index is 1.63. The van der Waals surface area contributed by atoms with E-state index >= 15 is 0 Å². The predicted octanol–water partition coefficient (Wildman–Crippen LogP) is 4.83. The standard InChI is InChI=1S/C28H29NO5/c1-18(2)20-10-12-21(13-11-20)24(30)16-28(32)22-7-5-6-8-23(22)29(27(28)31)17-19-9-14-25(33-3)26(15-19)34-4/h5-15,18,32H,16-17H2,1-4H3/t28-/m0/s1. The molecule has 1 heterocycles. The lowest BCUT2D eigenvalue weighted by molar-refractivity contribution is -0.136. The van der Waals surface area contributed by atoms with E-state index in [1.807, 2.05) is 24.3 Å². The van der Waals surface area contributed by atoms with Crippen molar-refractivity contribution in [2.24, 2.45) is 0 Å². The van der Waals surface area contributed by atoms with Crippen LogP contribution in [0.15, 0.2) is 66.7 Å². The molecule has 176 valence electrons. The fourth-order valence-corrected chi connectivity index (χ4v) is 4.38. The molecule has 3 aromatic carbocycles. The van der Waals surface area contributed by atoms with Crippen molar-refractivity contribution in [2.75, 3.05) is 19.1 Å². The summed E-state index contributed by atoms with van der Waals surface area (Å²) in [5.41, 5.74) is 1.50. The van der Waals surface area contributed by atoms with Crippen molar-refractivity contribution in [3.63, 3.8) is 0 Å². The quantitative estimate of drug-likeness (QED) is 0.488. The predicted molar refractivity (Wildman–Crippen MR) is 131 cm³/mol. The number of carbonyl (C=O) groups is 2. The van der Waals surface area contributed by atoms with Gasteiger partial charge in [-0.2, -0.15) is 0 Å². The Morgan fingerprint density at radius 1 is 0.971 bits per heavy atom. The fraction of sp³-hybridized carbons (Fsp3) is 0.286. The van der Waals surface area contributed by atoms with E-state index in [-0.39, 0.29) is 18.7 Å². The van der Waals surface area contributed by atoms with Crippen LogP contribution in [0.1, 0.15) is 53.2 Å². The average Bonchev–Trinajstić information content (AvgIpc) is 3.05. The Morgan fingerprint density at radius 2 is 1.65 bits per heavy atom. The first-order valence-corrected chi connectivity index (χ1v) is 11.3. The van der Waals surface area contributed by atoms with Gasteiger partial charge in [-0.25, -0.2) is 0 Å². The monoisotopic (exact) mass is 459 g/mol. The van der Waals surface area contributed by atoms with Gasteiger partial charge in [-0.3, -0.25) is 9.59 Å². The molecule has 0 saturated carbocycles. The normalized spacial score (nSPS) is 17.1. The van der Waals surface area contributed by atoms with Gasteiger partial charge < -0.3 is 19.5 Å². The van der Waals surface area contributed by atoms with Crippen LogP contribution >= 0.6 is 0 Å². The second-order valence-electron chi connectivity index (χ2n) is 8.83. The first kappa shape index (κ1) is 23.5. The zero-order valence-electron chi connectivity index (χ0n) is 19.9. The van der Waals surface area contributed by atoms with E-state index in [0.717, 1.165) is 11.1 Å². The Bertz CT molecular complexity index is 1220. The van der Waals surface area contributed by atoms with E-state index in [1.165, 1.54) is 4.90 Å². The topological polar surface area (TPSA) is 76.1 Å². The largest absolute Gasteiger partial charge is 0.493 e. The molecule has 0 spiro atoms. The van der Waals surface area contributed by atoms with Crippen LogP contribution in [0.25, 0.3) is 0 Å². The summed E-state index contributed by atoms with van der Waals surface area (Å²) in [4.78, 5) is 28.2. The molecule has 34 heavy (non-hydrogen) atoms. The van der Waals surface area contributed by atoms with E-state index in [9.17, 15) is 14.7 Å². The summed E-state index contributed by atoms with van der Waals surface area (Å²) in [6.07, 6.45) is -0.327. The zero-order chi connectivity index (χ0) is 24.5. The molecule has 0 aromatic heterocycles. The summed E-state index contributed by atoms with van der Waals surface area (Å²) in [6.45, 7) is 4.39. The van der Waals surface area contributed by atoms with Crippen LogP contribution in [0.3, 0.4) is 0 Å². The minimum Gasteiger partial charge on any atom is -0.493 e. The van der Waals surface area contributed by atoms with Crippen LogP contribution in [0.4, 0.5) is 5.69 Å². The van der Waals surface area contributed by atoms with Gasteiger partial charge in [0.05, 0.1) is 32.9 Å². The summed E-state index contributed by atoms with van der Waals surface area (Å²) < 4.78 is 10.7. The number of ether oxygens (including phenoxy) is 2. The van der Waals surface area contributed by atoms with E-state index in [4.69, 9.17) is 9.47 Å². The van der Waals surface area contributed by atoms with Gasteiger partial charge in [0.25, 0.3) is 5.91 Å². The van der Waals surface area contributed by atoms with E-state index < -0.39 is 11.5 Å².